The Kier molecular flexibility index (Phi) is 21.7. The number of hydrogen-bond acceptors (Lipinski definition) is 9. The standard InChI is InChI=1S/C39H72N8O7/c1-7-9-10-15-20-32-27(4)39(53)47(6)31(17-8-2)37(51)45-34(28-18-13-11-12-14-19-28)38(52)44-30(24-41)36(50)43-29(35(49)42-26(3)25-54-32)23-33(48)46(5)22-16-21-40/h26-32,34H,7-25,40-41H2,1-6H3,(H,42,49)(H,43,50)(H,44,52)(H,45,51)/t26-,27+,29-,30-,31-,32+,34-/m0/s1. The van der Waals surface area contributed by atoms with E-state index in [2.05, 4.69) is 28.2 Å². The van der Waals surface area contributed by atoms with Crippen molar-refractivity contribution in [2.75, 3.05) is 40.3 Å². The predicted molar refractivity (Wildman–Crippen MR) is 209 cm³/mol. The average Bonchev–Trinajstić information content (AvgIpc) is 3.44. The van der Waals surface area contributed by atoms with Crippen molar-refractivity contribution in [3.63, 3.8) is 0 Å². The van der Waals surface area contributed by atoms with Gasteiger partial charge in [-0.1, -0.05) is 78.6 Å². The minimum absolute atomic E-state index is 0.0694. The number of carbonyl (C=O) groups excluding carboxylic acids is 6. The maximum atomic E-state index is 14.2. The van der Waals surface area contributed by atoms with Gasteiger partial charge in [0, 0.05) is 33.2 Å². The normalized spacial score (nSPS) is 27.7. The Balaban J connectivity index is 2.58. The molecule has 1 aliphatic heterocycles. The second-order valence-electron chi connectivity index (χ2n) is 15.4. The van der Waals surface area contributed by atoms with E-state index in [4.69, 9.17) is 16.2 Å². The number of nitrogens with zero attached hydrogens (tertiary/aromatic N) is 2. The Labute approximate surface area is 323 Å². The summed E-state index contributed by atoms with van der Waals surface area (Å²) >= 11 is 0. The Morgan fingerprint density at radius 3 is 2.06 bits per heavy atom. The molecule has 54 heavy (non-hydrogen) atoms. The molecule has 1 saturated carbocycles. The van der Waals surface area contributed by atoms with Crippen molar-refractivity contribution >= 4 is 35.4 Å². The van der Waals surface area contributed by atoms with Crippen LogP contribution in [-0.2, 0) is 33.5 Å². The number of rotatable bonds is 14. The third-order valence-electron chi connectivity index (χ3n) is 10.9. The van der Waals surface area contributed by atoms with Crippen molar-refractivity contribution < 1.29 is 33.5 Å². The highest BCUT2D eigenvalue weighted by Crippen LogP contribution is 2.27. The van der Waals surface area contributed by atoms with E-state index in [1.807, 2.05) is 13.8 Å². The van der Waals surface area contributed by atoms with Gasteiger partial charge in [-0.2, -0.15) is 0 Å². The van der Waals surface area contributed by atoms with Crippen LogP contribution >= 0.6 is 0 Å². The predicted octanol–water partition coefficient (Wildman–Crippen LogP) is 1.70. The highest BCUT2D eigenvalue weighted by atomic mass is 16.5. The molecule has 0 aromatic rings. The van der Waals surface area contributed by atoms with Crippen molar-refractivity contribution in [1.29, 1.82) is 0 Å². The fourth-order valence-corrected chi connectivity index (χ4v) is 7.36. The number of carbonyl (C=O) groups is 6. The van der Waals surface area contributed by atoms with Gasteiger partial charge in [-0.3, -0.25) is 28.8 Å². The van der Waals surface area contributed by atoms with Gasteiger partial charge in [0.1, 0.15) is 24.2 Å². The summed E-state index contributed by atoms with van der Waals surface area (Å²) in [7, 11) is 3.23. The molecule has 0 bridgehead atoms. The Morgan fingerprint density at radius 2 is 1.44 bits per heavy atom. The molecule has 0 radical (unpaired) electrons. The van der Waals surface area contributed by atoms with Gasteiger partial charge in [0.25, 0.3) is 0 Å². The molecule has 15 nitrogen and oxygen atoms in total. The lowest BCUT2D eigenvalue weighted by Crippen LogP contribution is -2.61. The number of amides is 6. The molecule has 310 valence electrons. The minimum atomic E-state index is -1.29. The molecule has 15 heteroatoms. The van der Waals surface area contributed by atoms with Crippen LogP contribution in [0.5, 0.6) is 0 Å². The first-order valence-electron chi connectivity index (χ1n) is 20.5. The molecule has 1 heterocycles. The fourth-order valence-electron chi connectivity index (χ4n) is 7.36. The number of nitrogens with two attached hydrogens (primary N) is 2. The Bertz CT molecular complexity index is 1200. The monoisotopic (exact) mass is 765 g/mol. The molecule has 0 unspecified atom stereocenters. The SMILES string of the molecule is CCCCCC[C@H]1OC[C@H](C)NC(=O)[C@H](CC(=O)N(C)CCCN)NC(=O)[C@H](CN)NC(=O)[C@H](C2CCCCCC2)NC(=O)[C@H](CCC)N(C)C(=O)[C@@H]1C. The van der Waals surface area contributed by atoms with Crippen molar-refractivity contribution in [2.24, 2.45) is 23.3 Å². The summed E-state index contributed by atoms with van der Waals surface area (Å²) in [6, 6.07) is -4.90. The summed E-state index contributed by atoms with van der Waals surface area (Å²) in [6.45, 7) is 8.16. The first kappa shape index (κ1) is 46.9. The van der Waals surface area contributed by atoms with E-state index < -0.39 is 65.9 Å². The van der Waals surface area contributed by atoms with Gasteiger partial charge < -0.3 is 47.3 Å². The lowest BCUT2D eigenvalue weighted by atomic mass is 9.90. The van der Waals surface area contributed by atoms with E-state index in [9.17, 15) is 28.8 Å². The summed E-state index contributed by atoms with van der Waals surface area (Å²) in [6.07, 6.45) is 10.5. The van der Waals surface area contributed by atoms with Crippen LogP contribution in [0.2, 0.25) is 0 Å². The summed E-state index contributed by atoms with van der Waals surface area (Å²) in [4.78, 5) is 86.1. The minimum Gasteiger partial charge on any atom is -0.375 e. The molecule has 0 aromatic heterocycles. The second kappa shape index (κ2) is 25.0. The first-order chi connectivity index (χ1) is 25.8. The zero-order valence-electron chi connectivity index (χ0n) is 34.0. The lowest BCUT2D eigenvalue weighted by molar-refractivity contribution is -0.147. The lowest BCUT2D eigenvalue weighted by Gasteiger charge is -2.34. The number of likely N-dealkylation sites (N-methyl/N-ethyl adjacent to an activating group) is 1. The van der Waals surface area contributed by atoms with Gasteiger partial charge in [-0.25, -0.2) is 0 Å². The van der Waals surface area contributed by atoms with Crippen LogP contribution in [0, 0.1) is 11.8 Å². The van der Waals surface area contributed by atoms with Crippen LogP contribution in [0.3, 0.4) is 0 Å². The zero-order chi connectivity index (χ0) is 40.2. The first-order valence-corrected chi connectivity index (χ1v) is 20.5. The van der Waals surface area contributed by atoms with Crippen LogP contribution in [-0.4, -0.2) is 122 Å². The molecule has 7 atom stereocenters. The highest BCUT2D eigenvalue weighted by Gasteiger charge is 2.38. The van der Waals surface area contributed by atoms with Crippen LogP contribution < -0.4 is 32.7 Å². The van der Waals surface area contributed by atoms with Gasteiger partial charge in [0.05, 0.1) is 25.0 Å². The zero-order valence-corrected chi connectivity index (χ0v) is 34.0. The summed E-state index contributed by atoms with van der Waals surface area (Å²) in [5, 5.41) is 11.3. The molecule has 1 aliphatic carbocycles. The molecule has 0 spiro atoms. The van der Waals surface area contributed by atoms with Crippen LogP contribution in [0.25, 0.3) is 0 Å². The fraction of sp³-hybridized carbons (Fsp3) is 0.846. The Morgan fingerprint density at radius 1 is 0.796 bits per heavy atom. The second-order valence-corrected chi connectivity index (χ2v) is 15.4. The summed E-state index contributed by atoms with van der Waals surface area (Å²) < 4.78 is 6.37. The molecule has 1 saturated heterocycles. The number of ether oxygens (including phenoxy) is 1. The van der Waals surface area contributed by atoms with E-state index in [-0.39, 0.29) is 37.3 Å². The third kappa shape index (κ3) is 15.1. The largest absolute Gasteiger partial charge is 0.375 e. The van der Waals surface area contributed by atoms with Crippen molar-refractivity contribution in [3.05, 3.63) is 0 Å². The Hall–Kier alpha value is -3.30. The molecular weight excluding hydrogens is 692 g/mol. The third-order valence-corrected chi connectivity index (χ3v) is 10.9. The van der Waals surface area contributed by atoms with Gasteiger partial charge in [0.2, 0.25) is 35.4 Å². The van der Waals surface area contributed by atoms with E-state index in [1.54, 1.807) is 21.0 Å². The van der Waals surface area contributed by atoms with Crippen molar-refractivity contribution in [1.82, 2.24) is 31.1 Å². The molecule has 2 rings (SSSR count). The maximum absolute atomic E-state index is 14.2. The van der Waals surface area contributed by atoms with Gasteiger partial charge >= 0.3 is 0 Å². The highest BCUT2D eigenvalue weighted by molar-refractivity contribution is 5.97. The van der Waals surface area contributed by atoms with Crippen LogP contribution in [0.15, 0.2) is 0 Å². The molecule has 0 aromatic carbocycles. The van der Waals surface area contributed by atoms with Crippen LogP contribution in [0.4, 0.5) is 0 Å². The van der Waals surface area contributed by atoms with E-state index in [0.717, 1.165) is 51.4 Å². The summed E-state index contributed by atoms with van der Waals surface area (Å²) in [5.74, 6) is -3.75. The number of unbranched alkanes of at least 4 members (excludes halogenated alkanes) is 3. The van der Waals surface area contributed by atoms with Gasteiger partial charge in [0.15, 0.2) is 0 Å². The van der Waals surface area contributed by atoms with Crippen molar-refractivity contribution in [3.8, 4) is 0 Å². The average molecular weight is 765 g/mol. The maximum Gasteiger partial charge on any atom is 0.244 e. The van der Waals surface area contributed by atoms with E-state index >= 15 is 0 Å². The van der Waals surface area contributed by atoms with Crippen molar-refractivity contribution in [2.45, 2.75) is 160 Å². The quantitative estimate of drug-likeness (QED) is 0.112. The van der Waals surface area contributed by atoms with Crippen LogP contribution in [0.1, 0.15) is 124 Å². The van der Waals surface area contributed by atoms with E-state index in [0.29, 0.717) is 51.6 Å². The molecule has 2 fully saturated rings. The summed E-state index contributed by atoms with van der Waals surface area (Å²) in [5.41, 5.74) is 11.7. The van der Waals surface area contributed by atoms with Gasteiger partial charge in [-0.05, 0) is 51.5 Å². The molecule has 2 aliphatic rings. The molecular formula is C39H72N8O7. The van der Waals surface area contributed by atoms with E-state index in [1.165, 1.54) is 9.80 Å². The molecule has 6 amide bonds. The number of hydrogen-bond donors (Lipinski definition) is 6. The van der Waals surface area contributed by atoms with Gasteiger partial charge in [-0.15, -0.1) is 0 Å². The topological polar surface area (TPSA) is 218 Å². The smallest absolute Gasteiger partial charge is 0.244 e. The molecule has 8 N–H and O–H groups in total. The number of nitrogens with one attached hydrogen (secondary N) is 4.